The molecule has 3 nitrogen and oxygen atoms in total. The van der Waals surface area contributed by atoms with Gasteiger partial charge in [-0.1, -0.05) is 50.6 Å². The first kappa shape index (κ1) is 17.5. The van der Waals surface area contributed by atoms with Crippen molar-refractivity contribution in [1.82, 2.24) is 10.2 Å². The van der Waals surface area contributed by atoms with Gasteiger partial charge in [0.15, 0.2) is 0 Å². The van der Waals surface area contributed by atoms with E-state index in [-0.39, 0.29) is 0 Å². The largest absolute Gasteiger partial charge is 0.374 e. The summed E-state index contributed by atoms with van der Waals surface area (Å²) < 4.78 is 5.94. The minimum Gasteiger partial charge on any atom is -0.374 e. The molecule has 3 heteroatoms. The van der Waals surface area contributed by atoms with E-state index in [4.69, 9.17) is 4.74 Å². The van der Waals surface area contributed by atoms with Crippen LogP contribution < -0.4 is 5.32 Å². The molecule has 0 spiro atoms. The summed E-state index contributed by atoms with van der Waals surface area (Å²) in [7, 11) is 0. The molecule has 0 radical (unpaired) electrons. The Bertz CT molecular complexity index is 430. The molecule has 0 saturated carbocycles. The van der Waals surface area contributed by atoms with Crippen molar-refractivity contribution < 1.29 is 4.74 Å². The van der Waals surface area contributed by atoms with Crippen LogP contribution in [-0.2, 0) is 4.74 Å². The summed E-state index contributed by atoms with van der Waals surface area (Å²) in [4.78, 5) is 2.54. The number of benzene rings is 1. The van der Waals surface area contributed by atoms with Crippen molar-refractivity contribution in [3.8, 4) is 0 Å². The molecule has 1 saturated heterocycles. The lowest BCUT2D eigenvalue weighted by Gasteiger charge is -2.34. The summed E-state index contributed by atoms with van der Waals surface area (Å²) in [6, 6.07) is 9.29. The Kier molecular flexibility index (Phi) is 6.87. The highest BCUT2D eigenvalue weighted by Crippen LogP contribution is 2.17. The Morgan fingerprint density at radius 2 is 2.00 bits per heavy atom. The molecule has 0 aromatic heterocycles. The standard InChI is InChI=1S/C19H32N2O/c1-5-19(17-8-6-16(4)7-9-17)20-12-18-14-21(10-11-22-18)13-15(2)3/h6-9,15,18-20H,5,10-14H2,1-4H3. The van der Waals surface area contributed by atoms with E-state index in [1.165, 1.54) is 17.7 Å². The van der Waals surface area contributed by atoms with Crippen LogP contribution in [0.25, 0.3) is 0 Å². The van der Waals surface area contributed by atoms with Gasteiger partial charge in [-0.25, -0.2) is 0 Å². The van der Waals surface area contributed by atoms with E-state index in [9.17, 15) is 0 Å². The van der Waals surface area contributed by atoms with Gasteiger partial charge in [0, 0.05) is 32.2 Å². The van der Waals surface area contributed by atoms with Crippen LogP contribution in [0, 0.1) is 12.8 Å². The number of aryl methyl sites for hydroxylation is 1. The van der Waals surface area contributed by atoms with Crippen molar-refractivity contribution in [1.29, 1.82) is 0 Å². The zero-order valence-corrected chi connectivity index (χ0v) is 14.6. The highest BCUT2D eigenvalue weighted by Gasteiger charge is 2.21. The highest BCUT2D eigenvalue weighted by molar-refractivity contribution is 5.24. The Balaban J connectivity index is 1.83. The van der Waals surface area contributed by atoms with Crippen LogP contribution in [0.15, 0.2) is 24.3 Å². The molecule has 1 N–H and O–H groups in total. The van der Waals surface area contributed by atoms with Crippen molar-refractivity contribution in [3.63, 3.8) is 0 Å². The van der Waals surface area contributed by atoms with Crippen molar-refractivity contribution >= 4 is 0 Å². The van der Waals surface area contributed by atoms with Gasteiger partial charge < -0.3 is 10.1 Å². The normalized spacial score (nSPS) is 21.2. The summed E-state index contributed by atoms with van der Waals surface area (Å²) in [6.07, 6.45) is 1.41. The van der Waals surface area contributed by atoms with Crippen molar-refractivity contribution in [3.05, 3.63) is 35.4 Å². The van der Waals surface area contributed by atoms with Crippen LogP contribution in [0.4, 0.5) is 0 Å². The van der Waals surface area contributed by atoms with E-state index < -0.39 is 0 Å². The van der Waals surface area contributed by atoms with Crippen LogP contribution >= 0.6 is 0 Å². The summed E-state index contributed by atoms with van der Waals surface area (Å²) in [6.45, 7) is 14.0. The molecule has 2 unspecified atom stereocenters. The number of hydrogen-bond acceptors (Lipinski definition) is 3. The van der Waals surface area contributed by atoms with Gasteiger partial charge >= 0.3 is 0 Å². The second kappa shape index (κ2) is 8.66. The number of nitrogens with one attached hydrogen (secondary N) is 1. The second-order valence-electron chi connectivity index (χ2n) is 6.93. The Labute approximate surface area is 136 Å². The van der Waals surface area contributed by atoms with Gasteiger partial charge in [0.25, 0.3) is 0 Å². The topological polar surface area (TPSA) is 24.5 Å². The number of morpholine rings is 1. The predicted octanol–water partition coefficient (Wildman–Crippen LogP) is 3.39. The predicted molar refractivity (Wildman–Crippen MR) is 93.2 cm³/mol. The summed E-state index contributed by atoms with van der Waals surface area (Å²) >= 11 is 0. The molecule has 1 aromatic rings. The maximum Gasteiger partial charge on any atom is 0.0826 e. The maximum absolute atomic E-state index is 5.94. The molecule has 0 bridgehead atoms. The van der Waals surface area contributed by atoms with Crippen molar-refractivity contribution in [2.45, 2.75) is 46.3 Å². The lowest BCUT2D eigenvalue weighted by molar-refractivity contribution is -0.0313. The van der Waals surface area contributed by atoms with E-state index in [1.54, 1.807) is 0 Å². The van der Waals surface area contributed by atoms with Crippen molar-refractivity contribution in [2.24, 2.45) is 5.92 Å². The number of hydrogen-bond donors (Lipinski definition) is 1. The number of ether oxygens (including phenoxy) is 1. The molecule has 1 heterocycles. The molecular formula is C19H32N2O. The zero-order valence-electron chi connectivity index (χ0n) is 14.6. The van der Waals surface area contributed by atoms with E-state index in [0.717, 1.165) is 38.6 Å². The fraction of sp³-hybridized carbons (Fsp3) is 0.684. The monoisotopic (exact) mass is 304 g/mol. The van der Waals surface area contributed by atoms with Crippen molar-refractivity contribution in [2.75, 3.05) is 32.8 Å². The Hall–Kier alpha value is -0.900. The minimum atomic E-state index is 0.312. The smallest absolute Gasteiger partial charge is 0.0826 e. The third-order valence-corrected chi connectivity index (χ3v) is 4.33. The first-order chi connectivity index (χ1) is 10.6. The molecular weight excluding hydrogens is 272 g/mol. The first-order valence-corrected chi connectivity index (χ1v) is 8.72. The molecule has 22 heavy (non-hydrogen) atoms. The molecule has 0 aliphatic carbocycles. The minimum absolute atomic E-state index is 0.312. The fourth-order valence-electron chi connectivity index (χ4n) is 3.16. The second-order valence-corrected chi connectivity index (χ2v) is 6.93. The lowest BCUT2D eigenvalue weighted by atomic mass is 10.0. The summed E-state index contributed by atoms with van der Waals surface area (Å²) in [5, 5.41) is 3.70. The molecule has 1 aliphatic heterocycles. The molecule has 1 fully saturated rings. The van der Waals surface area contributed by atoms with Gasteiger partial charge in [0.1, 0.15) is 0 Å². The Morgan fingerprint density at radius 1 is 1.27 bits per heavy atom. The van der Waals surface area contributed by atoms with Crippen LogP contribution in [-0.4, -0.2) is 43.8 Å². The molecule has 1 aromatic carbocycles. The summed E-state index contributed by atoms with van der Waals surface area (Å²) in [5.41, 5.74) is 2.70. The van der Waals surface area contributed by atoms with E-state index in [2.05, 4.69) is 62.2 Å². The molecule has 1 aliphatic rings. The quantitative estimate of drug-likeness (QED) is 0.835. The van der Waals surface area contributed by atoms with Gasteiger partial charge in [-0.15, -0.1) is 0 Å². The molecule has 2 atom stereocenters. The van der Waals surface area contributed by atoms with E-state index in [1.807, 2.05) is 0 Å². The zero-order chi connectivity index (χ0) is 15.9. The molecule has 2 rings (SSSR count). The third kappa shape index (κ3) is 5.38. The van der Waals surface area contributed by atoms with Gasteiger partial charge in [-0.05, 0) is 24.8 Å². The van der Waals surface area contributed by atoms with Gasteiger partial charge in [0.2, 0.25) is 0 Å². The summed E-state index contributed by atoms with van der Waals surface area (Å²) in [5.74, 6) is 0.725. The average molecular weight is 304 g/mol. The van der Waals surface area contributed by atoms with Crippen LogP contribution in [0.5, 0.6) is 0 Å². The molecule has 124 valence electrons. The van der Waals surface area contributed by atoms with E-state index >= 15 is 0 Å². The fourth-order valence-corrected chi connectivity index (χ4v) is 3.16. The van der Waals surface area contributed by atoms with E-state index in [0.29, 0.717) is 12.1 Å². The van der Waals surface area contributed by atoms with Crippen LogP contribution in [0.1, 0.15) is 44.4 Å². The average Bonchev–Trinajstić information content (AvgIpc) is 2.49. The van der Waals surface area contributed by atoms with Crippen LogP contribution in [0.2, 0.25) is 0 Å². The first-order valence-electron chi connectivity index (χ1n) is 8.72. The number of rotatable bonds is 7. The van der Waals surface area contributed by atoms with Gasteiger partial charge in [-0.2, -0.15) is 0 Å². The maximum atomic E-state index is 5.94. The molecule has 0 amide bonds. The SMILES string of the molecule is CCC(NCC1CN(CC(C)C)CCO1)c1ccc(C)cc1. The Morgan fingerprint density at radius 3 is 2.64 bits per heavy atom. The highest BCUT2D eigenvalue weighted by atomic mass is 16.5. The van der Waals surface area contributed by atoms with Gasteiger partial charge in [0.05, 0.1) is 12.7 Å². The van der Waals surface area contributed by atoms with Crippen LogP contribution in [0.3, 0.4) is 0 Å². The van der Waals surface area contributed by atoms with Gasteiger partial charge in [-0.3, -0.25) is 4.90 Å². The third-order valence-electron chi connectivity index (χ3n) is 4.33. The lowest BCUT2D eigenvalue weighted by Crippen LogP contribution is -2.48. The number of nitrogens with zero attached hydrogens (tertiary/aromatic N) is 1.